The molecule has 10 heteroatoms. The van der Waals surface area contributed by atoms with E-state index in [1.165, 1.54) is 11.3 Å². The minimum Gasteiger partial charge on any atom is -0.497 e. The Hall–Kier alpha value is -3.89. The van der Waals surface area contributed by atoms with Crippen molar-refractivity contribution in [2.24, 2.45) is 0 Å². The summed E-state index contributed by atoms with van der Waals surface area (Å²) in [7, 11) is 3.37. The van der Waals surface area contributed by atoms with Crippen LogP contribution in [0.15, 0.2) is 60.0 Å². The summed E-state index contributed by atoms with van der Waals surface area (Å²) in [6, 6.07) is 16.0. The normalized spacial score (nSPS) is 20.5. The van der Waals surface area contributed by atoms with Gasteiger partial charge in [0.2, 0.25) is 5.91 Å². The van der Waals surface area contributed by atoms with E-state index in [-0.39, 0.29) is 49.0 Å². The summed E-state index contributed by atoms with van der Waals surface area (Å²) < 4.78 is 17.6. The number of benzene rings is 2. The molecular weight excluding hydrogens is 518 g/mol. The molecule has 9 nitrogen and oxygen atoms in total. The number of nitrogens with one attached hydrogen (secondary N) is 2. The average molecular weight is 550 g/mol. The van der Waals surface area contributed by atoms with Gasteiger partial charge >= 0.3 is 0 Å². The minimum atomic E-state index is -0.366. The predicted molar refractivity (Wildman–Crippen MR) is 147 cm³/mol. The van der Waals surface area contributed by atoms with E-state index in [0.29, 0.717) is 41.3 Å². The number of fused-ring (bicyclic) bond motifs is 2. The number of hydrogen-bond acceptors (Lipinski definition) is 7. The Kier molecular flexibility index (Phi) is 8.13. The van der Waals surface area contributed by atoms with Crippen molar-refractivity contribution in [1.82, 2.24) is 10.2 Å². The highest BCUT2D eigenvalue weighted by atomic mass is 32.1. The molecule has 0 spiro atoms. The molecule has 5 rings (SSSR count). The number of hydrogen-bond donors (Lipinski definition) is 2. The number of nitrogens with zero attached hydrogens (tertiary/aromatic N) is 1. The van der Waals surface area contributed by atoms with Gasteiger partial charge in [0.05, 0.1) is 36.1 Å². The first-order valence-electron chi connectivity index (χ1n) is 12.8. The van der Waals surface area contributed by atoms with Gasteiger partial charge in [-0.3, -0.25) is 14.4 Å². The lowest BCUT2D eigenvalue weighted by atomic mass is 9.94. The van der Waals surface area contributed by atoms with Crippen LogP contribution in [0.25, 0.3) is 0 Å². The minimum absolute atomic E-state index is 0.0973. The zero-order valence-corrected chi connectivity index (χ0v) is 22.7. The van der Waals surface area contributed by atoms with Crippen LogP contribution in [-0.2, 0) is 16.1 Å². The zero-order chi connectivity index (χ0) is 27.4. The number of anilines is 1. The second-order valence-corrected chi connectivity index (χ2v) is 10.6. The molecule has 39 heavy (non-hydrogen) atoms. The number of methoxy groups -OCH3 is 1. The van der Waals surface area contributed by atoms with E-state index in [9.17, 15) is 14.4 Å². The number of carbonyl (C=O) groups excluding carboxylic acids is 3. The van der Waals surface area contributed by atoms with Crippen LogP contribution in [0.1, 0.15) is 44.9 Å². The molecule has 0 aliphatic carbocycles. The molecule has 0 bridgehead atoms. The van der Waals surface area contributed by atoms with E-state index in [1.807, 2.05) is 35.7 Å². The second kappa shape index (κ2) is 11.9. The van der Waals surface area contributed by atoms with E-state index in [2.05, 4.69) is 10.6 Å². The highest BCUT2D eigenvalue weighted by Gasteiger charge is 2.39. The van der Waals surface area contributed by atoms with E-state index in [1.54, 1.807) is 43.3 Å². The van der Waals surface area contributed by atoms with Gasteiger partial charge in [0.15, 0.2) is 0 Å². The first kappa shape index (κ1) is 26.7. The highest BCUT2D eigenvalue weighted by Crippen LogP contribution is 2.32. The zero-order valence-electron chi connectivity index (χ0n) is 21.8. The fourth-order valence-corrected chi connectivity index (χ4v) is 5.59. The van der Waals surface area contributed by atoms with Crippen LogP contribution in [0.3, 0.4) is 0 Å². The SMILES string of the molecule is COc1cccc(CNC(=O)C[C@H]2CC[C@@H]3[C@@H](COc4ccc(NC(=O)c5cccs5)cc4C(=O)N3C)O2)c1. The van der Waals surface area contributed by atoms with Gasteiger partial charge in [0.1, 0.15) is 24.2 Å². The maximum atomic E-state index is 13.4. The Bertz CT molecular complexity index is 1340. The van der Waals surface area contributed by atoms with Crippen molar-refractivity contribution < 1.29 is 28.6 Å². The lowest BCUT2D eigenvalue weighted by molar-refractivity contribution is -0.134. The summed E-state index contributed by atoms with van der Waals surface area (Å²) in [4.78, 5) is 40.8. The number of amides is 3. The van der Waals surface area contributed by atoms with Crippen LogP contribution >= 0.6 is 11.3 Å². The van der Waals surface area contributed by atoms with Gasteiger partial charge in [-0.25, -0.2) is 0 Å². The highest BCUT2D eigenvalue weighted by molar-refractivity contribution is 7.12. The first-order valence-corrected chi connectivity index (χ1v) is 13.7. The molecule has 3 aromatic rings. The Morgan fingerprint density at radius 3 is 2.79 bits per heavy atom. The van der Waals surface area contributed by atoms with Crippen LogP contribution in [0.5, 0.6) is 11.5 Å². The molecule has 204 valence electrons. The molecular formula is C29H31N3O6S. The summed E-state index contributed by atoms with van der Waals surface area (Å²) in [5.74, 6) is 0.648. The molecule has 1 fully saturated rings. The van der Waals surface area contributed by atoms with Crippen LogP contribution < -0.4 is 20.1 Å². The number of carbonyl (C=O) groups is 3. The van der Waals surface area contributed by atoms with Gasteiger partial charge in [-0.15, -0.1) is 11.3 Å². The summed E-state index contributed by atoms with van der Waals surface area (Å²) in [5, 5.41) is 7.63. The van der Waals surface area contributed by atoms with Crippen molar-refractivity contribution in [3.8, 4) is 11.5 Å². The van der Waals surface area contributed by atoms with Gasteiger partial charge in [-0.2, -0.15) is 0 Å². The molecule has 3 heterocycles. The topological polar surface area (TPSA) is 106 Å². The molecule has 1 saturated heterocycles. The van der Waals surface area contributed by atoms with Crippen LogP contribution in [0.4, 0.5) is 5.69 Å². The fraction of sp³-hybridized carbons (Fsp3) is 0.345. The van der Waals surface area contributed by atoms with Gasteiger partial charge in [0, 0.05) is 19.3 Å². The summed E-state index contributed by atoms with van der Waals surface area (Å²) in [6.45, 7) is 0.653. The molecule has 3 atom stereocenters. The summed E-state index contributed by atoms with van der Waals surface area (Å²) in [5.41, 5.74) is 1.86. The van der Waals surface area contributed by atoms with E-state index < -0.39 is 0 Å². The third kappa shape index (κ3) is 6.23. The van der Waals surface area contributed by atoms with Gasteiger partial charge in [0.25, 0.3) is 11.8 Å². The van der Waals surface area contributed by atoms with Crippen molar-refractivity contribution >= 4 is 34.7 Å². The molecule has 2 N–H and O–H groups in total. The van der Waals surface area contributed by atoms with Crippen molar-refractivity contribution in [1.29, 1.82) is 0 Å². The number of ether oxygens (including phenoxy) is 3. The maximum absolute atomic E-state index is 13.4. The smallest absolute Gasteiger partial charge is 0.265 e. The molecule has 2 aliphatic rings. The molecule has 0 saturated carbocycles. The molecule has 1 aromatic heterocycles. The Morgan fingerprint density at radius 1 is 1.13 bits per heavy atom. The van der Waals surface area contributed by atoms with Crippen molar-refractivity contribution in [2.75, 3.05) is 26.1 Å². The Labute approximate surface area is 231 Å². The summed E-state index contributed by atoms with van der Waals surface area (Å²) >= 11 is 1.35. The van der Waals surface area contributed by atoms with Gasteiger partial charge in [-0.05, 0) is 60.2 Å². The monoisotopic (exact) mass is 549 g/mol. The second-order valence-electron chi connectivity index (χ2n) is 9.64. The van der Waals surface area contributed by atoms with Crippen LogP contribution in [-0.4, -0.2) is 61.6 Å². The lowest BCUT2D eigenvalue weighted by Gasteiger charge is -2.42. The van der Waals surface area contributed by atoms with Crippen molar-refractivity contribution in [3.63, 3.8) is 0 Å². The molecule has 0 radical (unpaired) electrons. The Balaban J connectivity index is 1.20. The fourth-order valence-electron chi connectivity index (χ4n) is 4.97. The van der Waals surface area contributed by atoms with E-state index in [4.69, 9.17) is 14.2 Å². The van der Waals surface area contributed by atoms with Crippen LogP contribution in [0, 0.1) is 0 Å². The van der Waals surface area contributed by atoms with Crippen molar-refractivity contribution in [3.05, 3.63) is 76.0 Å². The molecule has 2 aliphatic heterocycles. The van der Waals surface area contributed by atoms with E-state index in [0.717, 1.165) is 11.3 Å². The van der Waals surface area contributed by atoms with Gasteiger partial charge in [-0.1, -0.05) is 18.2 Å². The predicted octanol–water partition coefficient (Wildman–Crippen LogP) is 4.10. The quantitative estimate of drug-likeness (QED) is 0.460. The maximum Gasteiger partial charge on any atom is 0.265 e. The third-order valence-corrected chi connectivity index (χ3v) is 7.92. The number of thiophene rings is 1. The molecule has 0 unspecified atom stereocenters. The largest absolute Gasteiger partial charge is 0.497 e. The first-order chi connectivity index (χ1) is 18.9. The lowest BCUT2D eigenvalue weighted by Crippen LogP contribution is -2.53. The van der Waals surface area contributed by atoms with Gasteiger partial charge < -0.3 is 29.7 Å². The summed E-state index contributed by atoms with van der Waals surface area (Å²) in [6.07, 6.45) is 0.936. The molecule has 2 aromatic carbocycles. The number of likely N-dealkylation sites (N-methyl/N-ethyl adjacent to an activating group) is 1. The molecule has 3 amide bonds. The van der Waals surface area contributed by atoms with Crippen molar-refractivity contribution in [2.45, 2.75) is 44.1 Å². The third-order valence-electron chi connectivity index (χ3n) is 7.05. The number of rotatable bonds is 7. The average Bonchev–Trinajstić information content (AvgIpc) is 3.50. The van der Waals surface area contributed by atoms with E-state index >= 15 is 0 Å². The standard InChI is InChI=1S/C29H31N3O6S/c1-32-23-10-9-21(15-27(33)30-16-18-5-3-6-20(13-18)36-2)38-25(23)17-37-24-11-8-19(14-22(24)29(32)35)31-28(34)26-7-4-12-39-26/h3-8,11-14,21,23,25H,9-10,15-17H2,1-2H3,(H,30,33)(H,31,34)/t21-,23-,25-/m1/s1. The Morgan fingerprint density at radius 2 is 2.00 bits per heavy atom. The van der Waals surface area contributed by atoms with Crippen LogP contribution in [0.2, 0.25) is 0 Å².